The van der Waals surface area contributed by atoms with E-state index in [-0.39, 0.29) is 6.04 Å². The number of nitrogens with zero attached hydrogens (tertiary/aromatic N) is 4. The Bertz CT molecular complexity index is 765. The van der Waals surface area contributed by atoms with Crippen LogP contribution in [-0.2, 0) is 0 Å². The maximum absolute atomic E-state index is 5.94. The fourth-order valence-electron chi connectivity index (χ4n) is 2.29. The molecule has 6 heteroatoms. The van der Waals surface area contributed by atoms with Crippen LogP contribution in [0, 0.1) is 6.92 Å². The van der Waals surface area contributed by atoms with Gasteiger partial charge in [-0.25, -0.2) is 9.97 Å². The third-order valence-corrected chi connectivity index (χ3v) is 3.39. The van der Waals surface area contributed by atoms with Crippen molar-refractivity contribution in [3.05, 3.63) is 60.0 Å². The van der Waals surface area contributed by atoms with Crippen molar-refractivity contribution in [2.24, 2.45) is 0 Å². The Morgan fingerprint density at radius 1 is 1.14 bits per heavy atom. The summed E-state index contributed by atoms with van der Waals surface area (Å²) in [6.07, 6.45) is 1.51. The highest BCUT2D eigenvalue weighted by Crippen LogP contribution is 2.19. The van der Waals surface area contributed by atoms with E-state index in [0.717, 1.165) is 11.5 Å². The highest BCUT2D eigenvalue weighted by Gasteiger charge is 2.09. The molecule has 0 fully saturated rings. The van der Waals surface area contributed by atoms with E-state index in [0.29, 0.717) is 11.6 Å². The van der Waals surface area contributed by atoms with Gasteiger partial charge >= 0.3 is 0 Å². The van der Waals surface area contributed by atoms with Crippen molar-refractivity contribution >= 4 is 11.6 Å². The molecule has 0 aliphatic heterocycles. The van der Waals surface area contributed by atoms with Gasteiger partial charge < -0.3 is 11.1 Å². The van der Waals surface area contributed by atoms with Crippen molar-refractivity contribution in [2.45, 2.75) is 19.9 Å². The molecule has 0 aliphatic carbocycles. The monoisotopic (exact) mass is 294 g/mol. The lowest BCUT2D eigenvalue weighted by Gasteiger charge is -2.15. The number of nitrogens with two attached hydrogens (primary N) is 1. The average molecular weight is 294 g/mol. The molecule has 0 bridgehead atoms. The summed E-state index contributed by atoms with van der Waals surface area (Å²) in [6, 6.07) is 14.0. The fraction of sp³-hybridized carbons (Fsp3) is 0.188. The van der Waals surface area contributed by atoms with Gasteiger partial charge in [-0.05, 0) is 19.4 Å². The Kier molecular flexibility index (Phi) is 3.74. The molecule has 0 amide bonds. The van der Waals surface area contributed by atoms with Gasteiger partial charge in [0.1, 0.15) is 18.0 Å². The summed E-state index contributed by atoms with van der Waals surface area (Å²) in [7, 11) is 0. The number of aromatic nitrogens is 4. The minimum absolute atomic E-state index is 0.139. The Hall–Kier alpha value is -2.89. The predicted molar refractivity (Wildman–Crippen MR) is 86.8 cm³/mol. The van der Waals surface area contributed by atoms with Gasteiger partial charge in [0.05, 0.1) is 5.69 Å². The molecule has 0 spiro atoms. The van der Waals surface area contributed by atoms with Crippen molar-refractivity contribution in [1.29, 1.82) is 0 Å². The quantitative estimate of drug-likeness (QED) is 0.773. The van der Waals surface area contributed by atoms with Gasteiger partial charge in [0.25, 0.3) is 0 Å². The first kappa shape index (κ1) is 14.1. The number of hydrogen-bond acceptors (Lipinski definition) is 5. The maximum Gasteiger partial charge on any atom is 0.161 e. The first-order valence-corrected chi connectivity index (χ1v) is 7.09. The SMILES string of the molecule is Cc1cc(N)n(-c2cc(N[C@@H](C)c3ccccc3)ncn2)n1. The molecule has 1 atom stereocenters. The Morgan fingerprint density at radius 3 is 2.59 bits per heavy atom. The zero-order valence-corrected chi connectivity index (χ0v) is 12.6. The smallest absolute Gasteiger partial charge is 0.161 e. The number of anilines is 2. The van der Waals surface area contributed by atoms with E-state index in [1.165, 1.54) is 11.9 Å². The number of aryl methyl sites for hydroxylation is 1. The van der Waals surface area contributed by atoms with Crippen LogP contribution in [-0.4, -0.2) is 19.7 Å². The summed E-state index contributed by atoms with van der Waals surface area (Å²) in [5, 5.41) is 7.69. The van der Waals surface area contributed by atoms with Gasteiger partial charge in [-0.2, -0.15) is 9.78 Å². The molecule has 3 aromatic rings. The second-order valence-electron chi connectivity index (χ2n) is 5.16. The molecular formula is C16H18N6. The Morgan fingerprint density at radius 2 is 1.91 bits per heavy atom. The number of nitrogens with one attached hydrogen (secondary N) is 1. The third-order valence-electron chi connectivity index (χ3n) is 3.39. The van der Waals surface area contributed by atoms with E-state index in [1.54, 1.807) is 4.68 Å². The van der Waals surface area contributed by atoms with Crippen LogP contribution in [0.3, 0.4) is 0 Å². The van der Waals surface area contributed by atoms with E-state index in [9.17, 15) is 0 Å². The van der Waals surface area contributed by atoms with Crippen molar-refractivity contribution in [3.8, 4) is 5.82 Å². The van der Waals surface area contributed by atoms with Crippen LogP contribution in [0.5, 0.6) is 0 Å². The number of benzene rings is 1. The summed E-state index contributed by atoms with van der Waals surface area (Å²) in [5.41, 5.74) is 7.98. The molecule has 2 aromatic heterocycles. The zero-order chi connectivity index (χ0) is 15.5. The van der Waals surface area contributed by atoms with Gasteiger partial charge in [-0.3, -0.25) is 0 Å². The molecule has 2 heterocycles. The summed E-state index contributed by atoms with van der Waals surface area (Å²) in [4.78, 5) is 8.50. The average Bonchev–Trinajstić information content (AvgIpc) is 2.87. The van der Waals surface area contributed by atoms with Gasteiger partial charge in [-0.15, -0.1) is 0 Å². The lowest BCUT2D eigenvalue weighted by atomic mass is 10.1. The van der Waals surface area contributed by atoms with Crippen molar-refractivity contribution in [3.63, 3.8) is 0 Å². The molecule has 0 saturated heterocycles. The van der Waals surface area contributed by atoms with Crippen LogP contribution >= 0.6 is 0 Å². The molecule has 0 radical (unpaired) electrons. The summed E-state index contributed by atoms with van der Waals surface area (Å²) >= 11 is 0. The third kappa shape index (κ3) is 2.90. The van der Waals surface area contributed by atoms with E-state index >= 15 is 0 Å². The number of hydrogen-bond donors (Lipinski definition) is 2. The van der Waals surface area contributed by atoms with Crippen LogP contribution in [0.25, 0.3) is 5.82 Å². The van der Waals surface area contributed by atoms with Crippen LogP contribution in [0.15, 0.2) is 48.8 Å². The highest BCUT2D eigenvalue weighted by atomic mass is 15.3. The van der Waals surface area contributed by atoms with Crippen molar-refractivity contribution in [1.82, 2.24) is 19.7 Å². The lowest BCUT2D eigenvalue weighted by Crippen LogP contribution is -2.10. The number of nitrogen functional groups attached to an aromatic ring is 1. The molecule has 3 rings (SSSR count). The predicted octanol–water partition coefficient (Wildman–Crippen LogP) is 2.73. The molecule has 0 unspecified atom stereocenters. The maximum atomic E-state index is 5.94. The van der Waals surface area contributed by atoms with Gasteiger partial charge in [0.15, 0.2) is 5.82 Å². The zero-order valence-electron chi connectivity index (χ0n) is 12.6. The summed E-state index contributed by atoms with van der Waals surface area (Å²) in [5.74, 6) is 1.93. The van der Waals surface area contributed by atoms with Crippen molar-refractivity contribution < 1.29 is 0 Å². The van der Waals surface area contributed by atoms with Crippen LogP contribution < -0.4 is 11.1 Å². The number of rotatable bonds is 4. The Labute approximate surface area is 129 Å². The standard InChI is InChI=1S/C16H18N6/c1-11-8-14(17)22(21-11)16-9-15(18-10-19-16)20-12(2)13-6-4-3-5-7-13/h3-10,12H,17H2,1-2H3,(H,18,19,20)/t12-/m0/s1. The van der Waals surface area contributed by atoms with Crippen LogP contribution in [0.1, 0.15) is 24.2 Å². The fourth-order valence-corrected chi connectivity index (χ4v) is 2.29. The Balaban J connectivity index is 1.84. The minimum Gasteiger partial charge on any atom is -0.384 e. The normalized spacial score (nSPS) is 12.1. The second kappa shape index (κ2) is 5.85. The van der Waals surface area contributed by atoms with Gasteiger partial charge in [0.2, 0.25) is 0 Å². The van der Waals surface area contributed by atoms with Crippen LogP contribution in [0.4, 0.5) is 11.6 Å². The first-order valence-electron chi connectivity index (χ1n) is 7.09. The van der Waals surface area contributed by atoms with Gasteiger partial charge in [-0.1, -0.05) is 30.3 Å². The molecule has 1 aromatic carbocycles. The molecule has 0 saturated carbocycles. The highest BCUT2D eigenvalue weighted by molar-refractivity contribution is 5.46. The minimum atomic E-state index is 0.139. The molecule has 3 N–H and O–H groups in total. The van der Waals surface area contributed by atoms with E-state index in [2.05, 4.69) is 39.4 Å². The topological polar surface area (TPSA) is 81.6 Å². The molecule has 22 heavy (non-hydrogen) atoms. The first-order chi connectivity index (χ1) is 10.6. The molecule has 112 valence electrons. The van der Waals surface area contributed by atoms with E-state index in [1.807, 2.05) is 37.3 Å². The second-order valence-corrected chi connectivity index (χ2v) is 5.16. The molecule has 6 nitrogen and oxygen atoms in total. The van der Waals surface area contributed by atoms with Gasteiger partial charge in [0, 0.05) is 18.2 Å². The van der Waals surface area contributed by atoms with E-state index in [4.69, 9.17) is 5.73 Å². The lowest BCUT2D eigenvalue weighted by molar-refractivity contribution is 0.826. The van der Waals surface area contributed by atoms with Crippen LogP contribution in [0.2, 0.25) is 0 Å². The molecule has 0 aliphatic rings. The molecular weight excluding hydrogens is 276 g/mol. The van der Waals surface area contributed by atoms with Crippen molar-refractivity contribution in [2.75, 3.05) is 11.1 Å². The van der Waals surface area contributed by atoms with E-state index < -0.39 is 0 Å². The summed E-state index contributed by atoms with van der Waals surface area (Å²) in [6.45, 7) is 3.98. The summed E-state index contributed by atoms with van der Waals surface area (Å²) < 4.78 is 1.61. The largest absolute Gasteiger partial charge is 0.384 e.